The van der Waals surface area contributed by atoms with Gasteiger partial charge in [-0.05, 0) is 208 Å². The van der Waals surface area contributed by atoms with Crippen LogP contribution in [0.4, 0.5) is 46.0 Å². The van der Waals surface area contributed by atoms with Gasteiger partial charge in [0, 0.05) is 108 Å². The Bertz CT molecular complexity index is 3480. The van der Waals surface area contributed by atoms with E-state index in [-0.39, 0.29) is 0 Å². The topological polar surface area (TPSA) is 146 Å². The first-order valence-corrected chi connectivity index (χ1v) is 45.8. The first kappa shape index (κ1) is 109. The largest absolute Gasteiger partial charge is 0.351 e. The summed E-state index contributed by atoms with van der Waals surface area (Å²) in [4.78, 5) is 41.3. The van der Waals surface area contributed by atoms with E-state index in [9.17, 15) is 0 Å². The highest BCUT2D eigenvalue weighted by Gasteiger charge is 2.43. The van der Waals surface area contributed by atoms with Crippen LogP contribution in [0.25, 0.3) is 0 Å². The standard InChI is InChI=1S/C15H23N3.C14H21N3.2C13H21N3.C12H20N4.2C10H21N3.5C2H6/c1-11(2)15-17(14-9-7-6-8-10-14)13(5)16-18(15)12(3)4;1-11(2)14-16(12(3)4)10-15-17(14)13-8-6-5-7-9-13;1-9(2)13-15(5)12-11(7-6-8-14-12)16(13)10(3)4;1-9(2)13-15(5)11-7-6-8-14-12(11)16(13)10(3)4;1-8(2)12-15(5)10-11(14-7-6-13-10)16(12)9(3)4;1-7(2)10-12(6)11-9(5)13(10)8(3)4;1-7(2)10-12(6)9(5)11-13(10)8(3)4;5*1-2/h6-12,15H,1-5H3;5-12,14H,1-4H3;2*6-10,13H,1-5H3;6-9,12H,1-5H3;2*7-8,10H,1-6H3;5*1-2H3. The van der Waals surface area contributed by atoms with E-state index in [2.05, 4.69) is 421 Å². The Balaban J connectivity index is 0.000000683. The smallest absolute Gasteiger partial charge is 0.173 e. The fourth-order valence-corrected chi connectivity index (χ4v) is 16.6. The fourth-order valence-electron chi connectivity index (χ4n) is 16.6. The number of anilines is 8. The van der Waals surface area contributed by atoms with Crippen LogP contribution in [0.1, 0.15) is 284 Å². The van der Waals surface area contributed by atoms with Crippen LogP contribution < -0.4 is 39.3 Å². The van der Waals surface area contributed by atoms with Gasteiger partial charge in [0.2, 0.25) is 0 Å². The van der Waals surface area contributed by atoms with Crippen molar-refractivity contribution in [2.45, 2.75) is 369 Å². The molecule has 7 atom stereocenters. The maximum Gasteiger partial charge on any atom is 0.173 e. The molecule has 0 radical (unpaired) electrons. The number of pyridine rings is 2. The number of aromatic nitrogens is 4. The maximum atomic E-state index is 4.72. The molecule has 119 heavy (non-hydrogen) atoms. The van der Waals surface area contributed by atoms with Gasteiger partial charge in [-0.1, -0.05) is 203 Å². The Hall–Kier alpha value is -8.30. The molecule has 0 N–H and O–H groups in total. The minimum atomic E-state index is 0.312. The highest BCUT2D eigenvalue weighted by molar-refractivity contribution is 5.97. The molecule has 5 aromatic rings. The van der Waals surface area contributed by atoms with Gasteiger partial charge in [0.25, 0.3) is 0 Å². The van der Waals surface area contributed by atoms with Gasteiger partial charge in [-0.3, -0.25) is 15.0 Å². The fraction of sp³-hybridized carbons (Fsp3) is 0.691. The van der Waals surface area contributed by atoms with Crippen molar-refractivity contribution in [3.8, 4) is 0 Å². The van der Waals surface area contributed by atoms with Crippen LogP contribution in [0, 0.1) is 41.4 Å². The molecule has 12 rings (SSSR count). The minimum absolute atomic E-state index is 0.312. The molecule has 22 nitrogen and oxygen atoms in total. The van der Waals surface area contributed by atoms with Crippen molar-refractivity contribution in [2.24, 2.45) is 61.8 Å². The molecule has 2 aromatic carbocycles. The lowest BCUT2D eigenvalue weighted by atomic mass is 10.1. The van der Waals surface area contributed by atoms with Crippen molar-refractivity contribution in [3.05, 3.63) is 110 Å². The predicted molar refractivity (Wildman–Crippen MR) is 525 cm³/mol. The Morgan fingerprint density at radius 1 is 0.269 bits per heavy atom. The van der Waals surface area contributed by atoms with E-state index < -0.39 is 0 Å². The lowest BCUT2D eigenvalue weighted by Crippen LogP contribution is -2.48. The molecule has 7 aliphatic rings. The van der Waals surface area contributed by atoms with E-state index in [1.807, 2.05) is 106 Å². The van der Waals surface area contributed by atoms with E-state index in [1.165, 1.54) is 17.1 Å². The van der Waals surface area contributed by atoms with Gasteiger partial charge < -0.3 is 49.0 Å². The molecule has 0 fully saturated rings. The normalized spacial score (nSPS) is 19.2. The Morgan fingerprint density at radius 3 is 1.03 bits per heavy atom. The second-order valence-corrected chi connectivity index (χ2v) is 34.6. The molecule has 0 bridgehead atoms. The molecule has 10 heterocycles. The Labute approximate surface area is 731 Å². The quantitative estimate of drug-likeness (QED) is 0.0922. The van der Waals surface area contributed by atoms with Crippen LogP contribution in [0.5, 0.6) is 0 Å². The van der Waals surface area contributed by atoms with Crippen molar-refractivity contribution in [2.75, 3.05) is 74.5 Å². The maximum absolute atomic E-state index is 4.72. The summed E-state index contributed by atoms with van der Waals surface area (Å²) in [5.41, 5.74) is 4.89. The minimum Gasteiger partial charge on any atom is -0.351 e. The summed E-state index contributed by atoms with van der Waals surface area (Å²) in [6.07, 6.45) is 11.9. The lowest BCUT2D eigenvalue weighted by Gasteiger charge is -2.36. The van der Waals surface area contributed by atoms with Crippen LogP contribution >= 0.6 is 0 Å². The van der Waals surface area contributed by atoms with E-state index in [0.29, 0.717) is 127 Å². The number of rotatable bonds is 16. The average Bonchev–Trinajstić information content (AvgIpc) is 1.62. The third kappa shape index (κ3) is 27.9. The summed E-state index contributed by atoms with van der Waals surface area (Å²) >= 11 is 0. The SMILES string of the molecule is CC.CC.CC.CC.CC.CC(C)C1N(C)c2cccnc2N1C(C)C.CC(C)C1N(C)c2ncccc2N1C(C)C.CC(C)C1N(C)c2nccnc2N1C(C)C.CC(C)C1N(c2ccccc2)N=CN1C(C)C.CC1=NN(C(C)C)C(C(C)C)N1C.CC1=NN(C(C)C)C(C(C)C)N1c1ccccc1.CC1=NN(C)C(C(C)C)N1C(C)C. The van der Waals surface area contributed by atoms with Gasteiger partial charge in [0.05, 0.1) is 17.1 Å². The molecule has 22 heteroatoms. The van der Waals surface area contributed by atoms with Gasteiger partial charge in [0.1, 0.15) is 67.0 Å². The molecule has 7 unspecified atom stereocenters. The number of amidine groups is 3. The zero-order valence-electron chi connectivity index (χ0n) is 84.4. The van der Waals surface area contributed by atoms with Crippen molar-refractivity contribution in [1.82, 2.24) is 49.7 Å². The summed E-state index contributed by atoms with van der Waals surface area (Å²) in [5.74, 6) is 11.5. The van der Waals surface area contributed by atoms with Crippen molar-refractivity contribution in [1.29, 1.82) is 0 Å². The van der Waals surface area contributed by atoms with Gasteiger partial charge in [-0.25, -0.2) is 24.9 Å². The Kier molecular flexibility index (Phi) is 48.2. The number of hydrogen-bond donors (Lipinski definition) is 0. The van der Waals surface area contributed by atoms with Crippen molar-refractivity contribution in [3.63, 3.8) is 0 Å². The molecule has 0 amide bonds. The van der Waals surface area contributed by atoms with E-state index >= 15 is 0 Å². The number of benzene rings is 2. The second kappa shape index (κ2) is 52.8. The second-order valence-electron chi connectivity index (χ2n) is 34.6. The van der Waals surface area contributed by atoms with Crippen LogP contribution in [0.15, 0.2) is 130 Å². The zero-order chi connectivity index (χ0) is 91.6. The van der Waals surface area contributed by atoms with Crippen molar-refractivity contribution < 1.29 is 0 Å². The summed E-state index contributed by atoms with van der Waals surface area (Å²) in [7, 11) is 10.6. The zero-order valence-corrected chi connectivity index (χ0v) is 84.4. The molecule has 3 aromatic heterocycles. The predicted octanol–water partition coefficient (Wildman–Crippen LogP) is 23.3. The third-order valence-electron chi connectivity index (χ3n) is 21.0. The van der Waals surface area contributed by atoms with Crippen LogP contribution in [0.2, 0.25) is 0 Å². The molecule has 7 aliphatic heterocycles. The highest BCUT2D eigenvalue weighted by Crippen LogP contribution is 2.43. The monoisotopic (exact) mass is 1650 g/mol. The van der Waals surface area contributed by atoms with E-state index in [0.717, 1.165) is 46.5 Å². The number of fused-ring (bicyclic) bond motifs is 3. The first-order chi connectivity index (χ1) is 56.1. The van der Waals surface area contributed by atoms with E-state index in [1.54, 1.807) is 12.4 Å². The molecule has 0 saturated carbocycles. The van der Waals surface area contributed by atoms with Gasteiger partial charge in [-0.15, -0.1) is 0 Å². The highest BCUT2D eigenvalue weighted by atomic mass is 15.6. The molecule has 0 aliphatic carbocycles. The summed E-state index contributed by atoms with van der Waals surface area (Å²) < 4.78 is 0. The van der Waals surface area contributed by atoms with Crippen LogP contribution in [-0.4, -0.2) is 194 Å². The average molecular weight is 1650 g/mol. The summed E-state index contributed by atoms with van der Waals surface area (Å²) in [6.45, 7) is 88.7. The lowest BCUT2D eigenvalue weighted by molar-refractivity contribution is 0.0743. The molecule has 676 valence electrons. The van der Waals surface area contributed by atoms with Gasteiger partial charge in [-0.2, -0.15) is 20.4 Å². The van der Waals surface area contributed by atoms with Crippen LogP contribution in [-0.2, 0) is 0 Å². The number of nitrogens with zero attached hydrogens (tertiary/aromatic N) is 22. The van der Waals surface area contributed by atoms with E-state index in [4.69, 9.17) is 5.10 Å². The van der Waals surface area contributed by atoms with Gasteiger partial charge in [0.15, 0.2) is 23.3 Å². The number of hydrogen-bond acceptors (Lipinski definition) is 22. The number of para-hydroxylation sites is 2. The molecule has 0 saturated heterocycles. The third-order valence-corrected chi connectivity index (χ3v) is 21.0. The molecule has 0 spiro atoms. The molecular weight excluding hydrogens is 1470 g/mol. The van der Waals surface area contributed by atoms with Crippen molar-refractivity contribution >= 4 is 69.9 Å². The van der Waals surface area contributed by atoms with Gasteiger partial charge >= 0.3 is 0 Å². The van der Waals surface area contributed by atoms with Crippen LogP contribution in [0.3, 0.4) is 0 Å². The summed E-state index contributed by atoms with van der Waals surface area (Å²) in [5, 5.41) is 26.9. The molecular formula is C97H178N22. The number of hydrazone groups is 4. The Morgan fingerprint density at radius 2 is 0.630 bits per heavy atom. The first-order valence-electron chi connectivity index (χ1n) is 45.8. The summed E-state index contributed by atoms with van der Waals surface area (Å²) in [6, 6.07) is 32.5.